The lowest BCUT2D eigenvalue weighted by atomic mass is 10.2. The zero-order valence-corrected chi connectivity index (χ0v) is 9.00. The number of aromatic nitrogens is 3. The zero-order chi connectivity index (χ0) is 11.4. The fourth-order valence-electron chi connectivity index (χ4n) is 1.37. The Hall–Kier alpha value is -1.75. The maximum absolute atomic E-state index is 9.68. The van der Waals surface area contributed by atoms with E-state index >= 15 is 0 Å². The molecule has 0 bridgehead atoms. The van der Waals surface area contributed by atoms with Crippen molar-refractivity contribution in [3.63, 3.8) is 0 Å². The van der Waals surface area contributed by atoms with Gasteiger partial charge >= 0.3 is 0 Å². The van der Waals surface area contributed by atoms with Gasteiger partial charge in [-0.25, -0.2) is 0 Å². The molecule has 0 aliphatic heterocycles. The molecular formula is C11H13N3O2. The van der Waals surface area contributed by atoms with Crippen molar-refractivity contribution in [2.45, 2.75) is 25.9 Å². The van der Waals surface area contributed by atoms with Gasteiger partial charge in [-0.05, 0) is 18.6 Å². The minimum atomic E-state index is -0.661. The SMILES string of the molecule is CCCC(O)c1noc(-c2ccccn2)n1. The number of pyridine rings is 1. The summed E-state index contributed by atoms with van der Waals surface area (Å²) in [7, 11) is 0. The van der Waals surface area contributed by atoms with Crippen LogP contribution in [0.2, 0.25) is 0 Å². The normalized spacial score (nSPS) is 12.6. The number of aliphatic hydroxyl groups is 1. The van der Waals surface area contributed by atoms with Crippen LogP contribution in [-0.4, -0.2) is 20.2 Å². The molecule has 2 heterocycles. The molecule has 0 radical (unpaired) electrons. The van der Waals surface area contributed by atoms with Crippen molar-refractivity contribution in [1.29, 1.82) is 0 Å². The van der Waals surface area contributed by atoms with Crippen LogP contribution in [0.1, 0.15) is 31.7 Å². The molecule has 0 fully saturated rings. The van der Waals surface area contributed by atoms with Crippen LogP contribution in [0.25, 0.3) is 11.6 Å². The molecule has 2 aromatic rings. The van der Waals surface area contributed by atoms with Crippen molar-refractivity contribution < 1.29 is 9.63 Å². The van der Waals surface area contributed by atoms with Crippen LogP contribution in [0.4, 0.5) is 0 Å². The Labute approximate surface area is 93.1 Å². The van der Waals surface area contributed by atoms with Crippen LogP contribution in [0.15, 0.2) is 28.9 Å². The molecule has 84 valence electrons. The molecule has 1 atom stereocenters. The fraction of sp³-hybridized carbons (Fsp3) is 0.364. The van der Waals surface area contributed by atoms with E-state index in [9.17, 15) is 5.11 Å². The first-order chi connectivity index (χ1) is 7.81. The Morgan fingerprint density at radius 2 is 2.31 bits per heavy atom. The van der Waals surface area contributed by atoms with E-state index in [0.717, 1.165) is 6.42 Å². The van der Waals surface area contributed by atoms with Crippen LogP contribution in [0.3, 0.4) is 0 Å². The molecule has 0 spiro atoms. The molecule has 0 saturated heterocycles. The van der Waals surface area contributed by atoms with Gasteiger partial charge < -0.3 is 9.63 Å². The molecule has 1 N–H and O–H groups in total. The molecule has 2 aromatic heterocycles. The van der Waals surface area contributed by atoms with Crippen molar-refractivity contribution in [3.05, 3.63) is 30.2 Å². The monoisotopic (exact) mass is 219 g/mol. The predicted molar refractivity (Wildman–Crippen MR) is 57.4 cm³/mol. The third-order valence-corrected chi connectivity index (χ3v) is 2.19. The standard InChI is InChI=1S/C11H13N3O2/c1-2-5-9(15)10-13-11(16-14-10)8-6-3-4-7-12-8/h3-4,6-7,9,15H,2,5H2,1H3. The van der Waals surface area contributed by atoms with E-state index in [0.29, 0.717) is 23.8 Å². The number of hydrogen-bond acceptors (Lipinski definition) is 5. The van der Waals surface area contributed by atoms with Gasteiger partial charge in [0.2, 0.25) is 5.82 Å². The van der Waals surface area contributed by atoms with Crippen LogP contribution in [0, 0.1) is 0 Å². The van der Waals surface area contributed by atoms with Gasteiger partial charge in [0, 0.05) is 6.20 Å². The topological polar surface area (TPSA) is 72.0 Å². The lowest BCUT2D eigenvalue weighted by molar-refractivity contribution is 0.153. The lowest BCUT2D eigenvalue weighted by Crippen LogP contribution is -1.98. The number of nitrogens with zero attached hydrogens (tertiary/aromatic N) is 3. The second-order valence-corrected chi connectivity index (χ2v) is 3.48. The Morgan fingerprint density at radius 3 is 3.00 bits per heavy atom. The molecule has 0 aliphatic carbocycles. The van der Waals surface area contributed by atoms with Gasteiger partial charge in [0.25, 0.3) is 5.89 Å². The zero-order valence-electron chi connectivity index (χ0n) is 9.00. The highest BCUT2D eigenvalue weighted by Gasteiger charge is 2.15. The van der Waals surface area contributed by atoms with Crippen molar-refractivity contribution in [2.75, 3.05) is 0 Å². The Kier molecular flexibility index (Phi) is 3.26. The van der Waals surface area contributed by atoms with E-state index in [1.807, 2.05) is 19.1 Å². The third kappa shape index (κ3) is 2.25. The van der Waals surface area contributed by atoms with Crippen molar-refractivity contribution in [1.82, 2.24) is 15.1 Å². The summed E-state index contributed by atoms with van der Waals surface area (Å²) in [6.07, 6.45) is 2.49. The number of rotatable bonds is 4. The summed E-state index contributed by atoms with van der Waals surface area (Å²) in [5.74, 6) is 0.660. The first-order valence-electron chi connectivity index (χ1n) is 5.24. The summed E-state index contributed by atoms with van der Waals surface area (Å²) >= 11 is 0. The molecule has 0 aliphatic rings. The van der Waals surface area contributed by atoms with Crippen LogP contribution < -0.4 is 0 Å². The largest absolute Gasteiger partial charge is 0.385 e. The second-order valence-electron chi connectivity index (χ2n) is 3.48. The molecule has 2 rings (SSSR count). The maximum Gasteiger partial charge on any atom is 0.276 e. The van der Waals surface area contributed by atoms with Crippen molar-refractivity contribution in [2.24, 2.45) is 0 Å². The molecule has 0 amide bonds. The lowest BCUT2D eigenvalue weighted by Gasteiger charge is -2.01. The highest BCUT2D eigenvalue weighted by molar-refractivity contribution is 5.45. The summed E-state index contributed by atoms with van der Waals surface area (Å²) < 4.78 is 5.03. The Balaban J connectivity index is 2.20. The van der Waals surface area contributed by atoms with Crippen molar-refractivity contribution >= 4 is 0 Å². The number of aliphatic hydroxyl groups excluding tert-OH is 1. The average molecular weight is 219 g/mol. The molecule has 5 heteroatoms. The third-order valence-electron chi connectivity index (χ3n) is 2.19. The van der Waals surface area contributed by atoms with E-state index in [2.05, 4.69) is 15.1 Å². The van der Waals surface area contributed by atoms with Crippen LogP contribution in [0.5, 0.6) is 0 Å². The Morgan fingerprint density at radius 1 is 1.44 bits per heavy atom. The fourth-order valence-corrected chi connectivity index (χ4v) is 1.37. The molecule has 16 heavy (non-hydrogen) atoms. The highest BCUT2D eigenvalue weighted by Crippen LogP contribution is 2.19. The van der Waals surface area contributed by atoms with E-state index in [4.69, 9.17) is 4.52 Å². The smallest absolute Gasteiger partial charge is 0.276 e. The van der Waals surface area contributed by atoms with Gasteiger partial charge in [-0.3, -0.25) is 4.98 Å². The van der Waals surface area contributed by atoms with Crippen LogP contribution in [-0.2, 0) is 0 Å². The summed E-state index contributed by atoms with van der Waals surface area (Å²) in [4.78, 5) is 8.20. The first-order valence-corrected chi connectivity index (χ1v) is 5.24. The maximum atomic E-state index is 9.68. The van der Waals surface area contributed by atoms with Gasteiger partial charge in [-0.15, -0.1) is 0 Å². The minimum Gasteiger partial charge on any atom is -0.385 e. The number of hydrogen-bond donors (Lipinski definition) is 1. The van der Waals surface area contributed by atoms with Gasteiger partial charge in [-0.1, -0.05) is 24.6 Å². The summed E-state index contributed by atoms with van der Waals surface area (Å²) in [6, 6.07) is 5.44. The van der Waals surface area contributed by atoms with E-state index in [-0.39, 0.29) is 0 Å². The van der Waals surface area contributed by atoms with Gasteiger partial charge in [-0.2, -0.15) is 4.98 Å². The highest BCUT2D eigenvalue weighted by atomic mass is 16.5. The summed E-state index contributed by atoms with van der Waals surface area (Å²) in [5, 5.41) is 13.4. The molecule has 0 aromatic carbocycles. The predicted octanol–water partition coefficient (Wildman–Crippen LogP) is 1.97. The molecular weight excluding hydrogens is 206 g/mol. The first kappa shape index (κ1) is 10.8. The van der Waals surface area contributed by atoms with E-state index in [1.165, 1.54) is 0 Å². The van der Waals surface area contributed by atoms with Crippen molar-refractivity contribution in [3.8, 4) is 11.6 Å². The second kappa shape index (κ2) is 4.85. The van der Waals surface area contributed by atoms with Gasteiger partial charge in [0.1, 0.15) is 11.8 Å². The Bertz CT molecular complexity index is 442. The van der Waals surface area contributed by atoms with Gasteiger partial charge in [0.15, 0.2) is 0 Å². The van der Waals surface area contributed by atoms with E-state index in [1.54, 1.807) is 12.3 Å². The molecule has 5 nitrogen and oxygen atoms in total. The summed E-state index contributed by atoms with van der Waals surface area (Å²) in [5.41, 5.74) is 0.616. The quantitative estimate of drug-likeness (QED) is 0.851. The average Bonchev–Trinajstić information content (AvgIpc) is 2.80. The van der Waals surface area contributed by atoms with Gasteiger partial charge in [0.05, 0.1) is 0 Å². The molecule has 1 unspecified atom stereocenters. The van der Waals surface area contributed by atoms with Crippen LogP contribution >= 0.6 is 0 Å². The minimum absolute atomic E-state index is 0.322. The van der Waals surface area contributed by atoms with E-state index < -0.39 is 6.10 Å². The molecule has 0 saturated carbocycles. The summed E-state index contributed by atoms with van der Waals surface area (Å²) in [6.45, 7) is 1.99.